The SMILES string of the molecule is COc1ccc(CC(=O)N2CCN(c3ccc(C(C)=O)cc3)CC2)c(OC)c1OC. The Bertz CT molecular complexity index is 903. The predicted molar refractivity (Wildman–Crippen MR) is 115 cm³/mol. The largest absolute Gasteiger partial charge is 0.493 e. The number of carbonyl (C=O) groups excluding carboxylic acids is 2. The Morgan fingerprint density at radius 2 is 1.47 bits per heavy atom. The van der Waals surface area contributed by atoms with Gasteiger partial charge in [-0.3, -0.25) is 9.59 Å². The fourth-order valence-corrected chi connectivity index (χ4v) is 3.70. The molecule has 2 aromatic rings. The van der Waals surface area contributed by atoms with E-state index >= 15 is 0 Å². The van der Waals surface area contributed by atoms with Crippen LogP contribution in [0.1, 0.15) is 22.8 Å². The van der Waals surface area contributed by atoms with Crippen LogP contribution in [-0.4, -0.2) is 64.1 Å². The number of Topliss-reactive ketones (excluding diaryl/α,β-unsaturated/α-hetero) is 1. The van der Waals surface area contributed by atoms with Crippen molar-refractivity contribution in [2.75, 3.05) is 52.4 Å². The quantitative estimate of drug-likeness (QED) is 0.652. The molecule has 0 spiro atoms. The average molecular weight is 412 g/mol. The lowest BCUT2D eigenvalue weighted by Gasteiger charge is -2.36. The van der Waals surface area contributed by atoms with Crippen molar-refractivity contribution in [2.45, 2.75) is 13.3 Å². The van der Waals surface area contributed by atoms with Crippen LogP contribution in [-0.2, 0) is 11.2 Å². The lowest BCUT2D eigenvalue weighted by Crippen LogP contribution is -2.49. The monoisotopic (exact) mass is 412 g/mol. The summed E-state index contributed by atoms with van der Waals surface area (Å²) >= 11 is 0. The number of nitrogens with zero attached hydrogens (tertiary/aromatic N) is 2. The highest BCUT2D eigenvalue weighted by Gasteiger charge is 2.24. The van der Waals surface area contributed by atoms with Gasteiger partial charge in [0.2, 0.25) is 11.7 Å². The van der Waals surface area contributed by atoms with Gasteiger partial charge in [0.05, 0.1) is 27.8 Å². The Balaban J connectivity index is 1.64. The van der Waals surface area contributed by atoms with Gasteiger partial charge in [-0.2, -0.15) is 0 Å². The lowest BCUT2D eigenvalue weighted by molar-refractivity contribution is -0.130. The topological polar surface area (TPSA) is 68.3 Å². The van der Waals surface area contributed by atoms with Crippen LogP contribution in [0.3, 0.4) is 0 Å². The average Bonchev–Trinajstić information content (AvgIpc) is 2.78. The molecule has 3 rings (SSSR count). The maximum atomic E-state index is 12.9. The van der Waals surface area contributed by atoms with Gasteiger partial charge in [-0.15, -0.1) is 0 Å². The Morgan fingerprint density at radius 1 is 0.833 bits per heavy atom. The van der Waals surface area contributed by atoms with Crippen LogP contribution in [0.2, 0.25) is 0 Å². The molecule has 0 saturated carbocycles. The standard InChI is InChI=1S/C23H28N2O5/c1-16(26)17-5-8-19(9-6-17)24-11-13-25(14-12-24)21(27)15-18-7-10-20(28-2)23(30-4)22(18)29-3/h5-10H,11-15H2,1-4H3. The summed E-state index contributed by atoms with van der Waals surface area (Å²) in [5.41, 5.74) is 2.53. The van der Waals surface area contributed by atoms with Crippen molar-refractivity contribution in [3.05, 3.63) is 47.5 Å². The molecule has 0 aromatic heterocycles. The molecule has 160 valence electrons. The second-order valence-electron chi connectivity index (χ2n) is 7.14. The van der Waals surface area contributed by atoms with E-state index in [0.717, 1.165) is 24.3 Å². The maximum Gasteiger partial charge on any atom is 0.227 e. The van der Waals surface area contributed by atoms with E-state index in [1.165, 1.54) is 0 Å². The van der Waals surface area contributed by atoms with Gasteiger partial charge in [-0.05, 0) is 37.3 Å². The summed E-state index contributed by atoms with van der Waals surface area (Å²) in [7, 11) is 4.67. The van der Waals surface area contributed by atoms with E-state index < -0.39 is 0 Å². The second-order valence-corrected chi connectivity index (χ2v) is 7.14. The molecule has 1 fully saturated rings. The van der Waals surface area contributed by atoms with Crippen LogP contribution in [0.15, 0.2) is 36.4 Å². The number of rotatable bonds is 7. The molecule has 0 N–H and O–H groups in total. The van der Waals surface area contributed by atoms with Crippen LogP contribution in [0, 0.1) is 0 Å². The van der Waals surface area contributed by atoms with Gasteiger partial charge < -0.3 is 24.0 Å². The molecule has 1 amide bonds. The Hall–Kier alpha value is -3.22. The molecule has 1 heterocycles. The zero-order valence-corrected chi connectivity index (χ0v) is 17.9. The first-order valence-corrected chi connectivity index (χ1v) is 9.90. The van der Waals surface area contributed by atoms with Crippen molar-refractivity contribution in [1.29, 1.82) is 0 Å². The van der Waals surface area contributed by atoms with Gasteiger partial charge in [-0.25, -0.2) is 0 Å². The number of hydrogen-bond acceptors (Lipinski definition) is 6. The number of ketones is 1. The molecule has 1 aliphatic heterocycles. The van der Waals surface area contributed by atoms with Crippen molar-refractivity contribution in [3.63, 3.8) is 0 Å². The molecule has 0 atom stereocenters. The van der Waals surface area contributed by atoms with Crippen molar-refractivity contribution >= 4 is 17.4 Å². The molecule has 0 aliphatic carbocycles. The van der Waals surface area contributed by atoms with E-state index in [1.54, 1.807) is 34.3 Å². The number of amides is 1. The van der Waals surface area contributed by atoms with E-state index in [2.05, 4.69) is 4.90 Å². The van der Waals surface area contributed by atoms with E-state index in [1.807, 2.05) is 35.2 Å². The summed E-state index contributed by atoms with van der Waals surface area (Å²) in [4.78, 5) is 28.4. The fourth-order valence-electron chi connectivity index (χ4n) is 3.70. The summed E-state index contributed by atoms with van der Waals surface area (Å²) in [5, 5.41) is 0. The predicted octanol–water partition coefficient (Wildman–Crippen LogP) is 2.81. The summed E-state index contributed by atoms with van der Waals surface area (Å²) in [6, 6.07) is 11.2. The molecule has 0 bridgehead atoms. The van der Waals surface area contributed by atoms with Crippen LogP contribution in [0.5, 0.6) is 17.2 Å². The van der Waals surface area contributed by atoms with Gasteiger partial charge >= 0.3 is 0 Å². The number of methoxy groups -OCH3 is 3. The van der Waals surface area contributed by atoms with Crippen LogP contribution in [0.25, 0.3) is 0 Å². The molecule has 0 radical (unpaired) electrons. The van der Waals surface area contributed by atoms with E-state index in [9.17, 15) is 9.59 Å². The molecule has 1 saturated heterocycles. The Kier molecular flexibility index (Phi) is 6.82. The van der Waals surface area contributed by atoms with Gasteiger partial charge in [0.25, 0.3) is 0 Å². The second kappa shape index (κ2) is 9.52. The number of carbonyl (C=O) groups is 2. The fraction of sp³-hybridized carbons (Fsp3) is 0.391. The highest BCUT2D eigenvalue weighted by molar-refractivity contribution is 5.94. The van der Waals surface area contributed by atoms with Gasteiger partial charge in [-0.1, -0.05) is 6.07 Å². The molecule has 7 nitrogen and oxygen atoms in total. The van der Waals surface area contributed by atoms with Crippen molar-refractivity contribution < 1.29 is 23.8 Å². The van der Waals surface area contributed by atoms with E-state index in [4.69, 9.17) is 14.2 Å². The number of anilines is 1. The minimum atomic E-state index is 0.0482. The zero-order valence-electron chi connectivity index (χ0n) is 17.9. The summed E-state index contributed by atoms with van der Waals surface area (Å²) < 4.78 is 16.2. The third kappa shape index (κ3) is 4.50. The number of benzene rings is 2. The maximum absolute atomic E-state index is 12.9. The van der Waals surface area contributed by atoms with Gasteiger partial charge in [0, 0.05) is 43.0 Å². The molecule has 1 aliphatic rings. The lowest BCUT2D eigenvalue weighted by atomic mass is 10.1. The highest BCUT2D eigenvalue weighted by Crippen LogP contribution is 2.40. The van der Waals surface area contributed by atoms with E-state index in [0.29, 0.717) is 35.9 Å². The minimum absolute atomic E-state index is 0.0482. The summed E-state index contributed by atoms with van der Waals surface area (Å²) in [6.45, 7) is 4.33. The highest BCUT2D eigenvalue weighted by atomic mass is 16.5. The van der Waals surface area contributed by atoms with E-state index in [-0.39, 0.29) is 18.1 Å². The van der Waals surface area contributed by atoms with Crippen LogP contribution < -0.4 is 19.1 Å². The molecule has 30 heavy (non-hydrogen) atoms. The van der Waals surface area contributed by atoms with Gasteiger partial charge in [0.15, 0.2) is 17.3 Å². The molecular weight excluding hydrogens is 384 g/mol. The molecular formula is C23H28N2O5. The minimum Gasteiger partial charge on any atom is -0.493 e. The summed E-state index contributed by atoms with van der Waals surface area (Å²) in [5.74, 6) is 1.68. The van der Waals surface area contributed by atoms with Gasteiger partial charge in [0.1, 0.15) is 0 Å². The number of hydrogen-bond donors (Lipinski definition) is 0. The molecule has 2 aromatic carbocycles. The number of piperazine rings is 1. The first-order valence-electron chi connectivity index (χ1n) is 9.90. The molecule has 7 heteroatoms. The van der Waals surface area contributed by atoms with Crippen molar-refractivity contribution in [2.24, 2.45) is 0 Å². The van der Waals surface area contributed by atoms with Crippen molar-refractivity contribution in [1.82, 2.24) is 4.90 Å². The normalized spacial score (nSPS) is 13.7. The summed E-state index contributed by atoms with van der Waals surface area (Å²) in [6.07, 6.45) is 0.233. The third-order valence-corrected chi connectivity index (χ3v) is 5.40. The van der Waals surface area contributed by atoms with Crippen LogP contribution in [0.4, 0.5) is 5.69 Å². The molecule has 0 unspecified atom stereocenters. The smallest absolute Gasteiger partial charge is 0.227 e. The van der Waals surface area contributed by atoms with Crippen molar-refractivity contribution in [3.8, 4) is 17.2 Å². The zero-order chi connectivity index (χ0) is 21.7. The third-order valence-electron chi connectivity index (χ3n) is 5.40. The Labute approximate surface area is 177 Å². The van der Waals surface area contributed by atoms with Crippen LogP contribution >= 0.6 is 0 Å². The first-order chi connectivity index (χ1) is 14.5. The first kappa shape index (κ1) is 21.5. The number of ether oxygens (including phenoxy) is 3. The Morgan fingerprint density at radius 3 is 2.00 bits per heavy atom.